The Kier molecular flexibility index (Phi) is 8.12. The van der Waals surface area contributed by atoms with Crippen LogP contribution in [0.3, 0.4) is 0 Å². The number of pyridine rings is 1. The average molecular weight is 623 g/mol. The molecule has 4 aromatic rings. The fourth-order valence-corrected chi connectivity index (χ4v) is 7.16. The SMILES string of the molecule is CC(C)(C[C@H](Cc1nc(Br)cc([Si](C)(C)C)c1F)c1ccccc1-c1noc2cc(Cl)ccc12)S(N)=O. The maximum absolute atomic E-state index is 15.9. The van der Waals surface area contributed by atoms with Crippen LogP contribution in [0.1, 0.15) is 37.4 Å². The minimum atomic E-state index is -1.97. The van der Waals surface area contributed by atoms with Crippen molar-refractivity contribution in [3.8, 4) is 11.3 Å². The molecule has 0 saturated carbocycles. The van der Waals surface area contributed by atoms with Crippen LogP contribution in [-0.2, 0) is 17.4 Å². The van der Waals surface area contributed by atoms with E-state index in [1.165, 1.54) is 0 Å². The molecule has 1 unspecified atom stereocenters. The van der Waals surface area contributed by atoms with E-state index in [1.807, 2.05) is 44.2 Å². The second-order valence-corrected chi connectivity index (χ2v) is 18.9. The van der Waals surface area contributed by atoms with Gasteiger partial charge in [-0.05, 0) is 77.5 Å². The Hall–Kier alpha value is -1.91. The van der Waals surface area contributed by atoms with E-state index in [1.54, 1.807) is 18.2 Å². The van der Waals surface area contributed by atoms with Gasteiger partial charge in [0.1, 0.15) is 16.1 Å². The van der Waals surface area contributed by atoms with Gasteiger partial charge in [0, 0.05) is 22.0 Å². The Morgan fingerprint density at radius 1 is 1.19 bits per heavy atom. The van der Waals surface area contributed by atoms with Gasteiger partial charge in [-0.3, -0.25) is 5.14 Å². The molecule has 4 rings (SSSR count). The minimum Gasteiger partial charge on any atom is -0.356 e. The number of hydrogen-bond acceptors (Lipinski definition) is 4. The first-order chi connectivity index (χ1) is 17.3. The third-order valence-corrected chi connectivity index (χ3v) is 10.5. The molecule has 0 bridgehead atoms. The summed E-state index contributed by atoms with van der Waals surface area (Å²) in [6.07, 6.45) is 0.757. The van der Waals surface area contributed by atoms with Gasteiger partial charge in [0.25, 0.3) is 0 Å². The molecule has 0 aliphatic heterocycles. The molecule has 2 atom stereocenters. The van der Waals surface area contributed by atoms with Crippen molar-refractivity contribution >= 4 is 62.7 Å². The summed E-state index contributed by atoms with van der Waals surface area (Å²) in [6.45, 7) is 10.1. The zero-order valence-corrected chi connectivity index (χ0v) is 25.6. The molecule has 2 aromatic carbocycles. The van der Waals surface area contributed by atoms with E-state index in [2.05, 4.69) is 45.7 Å². The van der Waals surface area contributed by atoms with E-state index < -0.39 is 23.8 Å². The first-order valence-corrected chi connectivity index (χ1v) is 17.8. The van der Waals surface area contributed by atoms with Crippen LogP contribution in [0.2, 0.25) is 24.7 Å². The van der Waals surface area contributed by atoms with Crippen LogP contribution in [0, 0.1) is 5.82 Å². The molecule has 2 aromatic heterocycles. The Balaban J connectivity index is 1.88. The Morgan fingerprint density at radius 2 is 1.89 bits per heavy atom. The predicted octanol–water partition coefficient (Wildman–Crippen LogP) is 7.11. The second-order valence-electron chi connectivity index (χ2n) is 10.9. The molecule has 0 amide bonds. The van der Waals surface area contributed by atoms with Gasteiger partial charge in [-0.15, -0.1) is 0 Å². The third-order valence-electron chi connectivity index (χ3n) is 6.62. The highest BCUT2D eigenvalue weighted by Gasteiger charge is 2.33. The van der Waals surface area contributed by atoms with Crippen molar-refractivity contribution in [2.45, 2.75) is 57.0 Å². The Labute approximate surface area is 233 Å². The van der Waals surface area contributed by atoms with E-state index in [9.17, 15) is 4.21 Å². The number of hydrogen-bond donors (Lipinski definition) is 1. The average Bonchev–Trinajstić information content (AvgIpc) is 3.22. The number of halogens is 3. The maximum Gasteiger partial charge on any atom is 0.169 e. The van der Waals surface area contributed by atoms with Crippen molar-refractivity contribution in [2.75, 3.05) is 0 Å². The summed E-state index contributed by atoms with van der Waals surface area (Å²) in [5.41, 5.74) is 3.41. The molecule has 0 saturated heterocycles. The van der Waals surface area contributed by atoms with Crippen molar-refractivity contribution < 1.29 is 13.1 Å². The van der Waals surface area contributed by atoms with Crippen LogP contribution in [0.4, 0.5) is 4.39 Å². The molecule has 5 nitrogen and oxygen atoms in total. The van der Waals surface area contributed by atoms with Crippen LogP contribution in [-0.4, -0.2) is 27.2 Å². The van der Waals surface area contributed by atoms with Crippen molar-refractivity contribution in [1.29, 1.82) is 0 Å². The van der Waals surface area contributed by atoms with E-state index in [-0.39, 0.29) is 11.7 Å². The summed E-state index contributed by atoms with van der Waals surface area (Å²) in [6, 6.07) is 15.0. The van der Waals surface area contributed by atoms with Crippen molar-refractivity contribution in [2.24, 2.45) is 5.14 Å². The molecule has 2 heterocycles. The molecule has 0 spiro atoms. The summed E-state index contributed by atoms with van der Waals surface area (Å²) in [5.74, 6) is -0.512. The molecule has 2 N–H and O–H groups in total. The largest absolute Gasteiger partial charge is 0.356 e. The number of aromatic nitrogens is 2. The highest BCUT2D eigenvalue weighted by Crippen LogP contribution is 2.39. The van der Waals surface area contributed by atoms with E-state index in [4.69, 9.17) is 21.3 Å². The van der Waals surface area contributed by atoms with Crippen LogP contribution >= 0.6 is 27.5 Å². The third kappa shape index (κ3) is 6.06. The lowest BCUT2D eigenvalue weighted by Crippen LogP contribution is -2.41. The summed E-state index contributed by atoms with van der Waals surface area (Å²) in [4.78, 5) is 4.55. The van der Waals surface area contributed by atoms with Gasteiger partial charge in [-0.25, -0.2) is 13.6 Å². The molecule has 37 heavy (non-hydrogen) atoms. The molecule has 0 aliphatic carbocycles. The maximum atomic E-state index is 15.9. The van der Waals surface area contributed by atoms with Gasteiger partial charge in [-0.2, -0.15) is 0 Å². The lowest BCUT2D eigenvalue weighted by atomic mass is 9.83. The highest BCUT2D eigenvalue weighted by molar-refractivity contribution is 9.10. The van der Waals surface area contributed by atoms with E-state index in [0.717, 1.165) is 21.7 Å². The van der Waals surface area contributed by atoms with E-state index in [0.29, 0.717) is 39.4 Å². The summed E-state index contributed by atoms with van der Waals surface area (Å²) in [7, 11) is -3.56. The monoisotopic (exact) mass is 621 g/mol. The quantitative estimate of drug-likeness (QED) is 0.168. The molecule has 0 fully saturated rings. The van der Waals surface area contributed by atoms with Crippen molar-refractivity contribution in [3.05, 3.63) is 75.2 Å². The van der Waals surface area contributed by atoms with Gasteiger partial charge in [0.2, 0.25) is 0 Å². The lowest BCUT2D eigenvalue weighted by Gasteiger charge is -2.29. The molecule has 0 radical (unpaired) electrons. The smallest absolute Gasteiger partial charge is 0.169 e. The molecule has 0 aliphatic rings. The molecule has 10 heteroatoms. The summed E-state index contributed by atoms with van der Waals surface area (Å²) >= 11 is 9.64. The van der Waals surface area contributed by atoms with Crippen LogP contribution in [0.15, 0.2) is 57.7 Å². The highest BCUT2D eigenvalue weighted by atomic mass is 79.9. The van der Waals surface area contributed by atoms with Gasteiger partial charge in [0.15, 0.2) is 5.58 Å². The zero-order valence-electron chi connectivity index (χ0n) is 21.4. The fraction of sp³-hybridized carbons (Fsp3) is 0.333. The number of nitrogens with zero attached hydrogens (tertiary/aromatic N) is 2. The lowest BCUT2D eigenvalue weighted by molar-refractivity contribution is 0.459. The molecular formula is C27H30BrClFN3O2SSi. The number of rotatable bonds is 8. The normalized spacial score (nSPS) is 14.2. The van der Waals surface area contributed by atoms with Crippen molar-refractivity contribution in [1.82, 2.24) is 10.1 Å². The van der Waals surface area contributed by atoms with E-state index >= 15 is 4.39 Å². The van der Waals surface area contributed by atoms with Gasteiger partial charge >= 0.3 is 0 Å². The molecule has 196 valence electrons. The van der Waals surface area contributed by atoms with Crippen molar-refractivity contribution in [3.63, 3.8) is 0 Å². The standard InChI is InChI=1S/C27H30BrClFN3O2SSi/c1-27(2,36(31)34)15-16(12-21-25(30)23(37(3,4)5)14-24(28)32-21)18-8-6-7-9-19(18)26-20-11-10-17(29)13-22(20)35-33-26/h6-11,13-14,16H,12,15,31H2,1-5H3/t16-,36?/m0/s1. The number of nitrogens with two attached hydrogens (primary N) is 1. The van der Waals surface area contributed by atoms with Gasteiger partial charge in [-0.1, -0.05) is 60.7 Å². The number of fused-ring (bicyclic) bond motifs is 1. The number of benzene rings is 2. The second kappa shape index (κ2) is 10.7. The topological polar surface area (TPSA) is 82.0 Å². The van der Waals surface area contributed by atoms with Crippen LogP contribution in [0.5, 0.6) is 0 Å². The van der Waals surface area contributed by atoms with Gasteiger partial charge < -0.3 is 4.52 Å². The summed E-state index contributed by atoms with van der Waals surface area (Å²) < 4.78 is 33.8. The van der Waals surface area contributed by atoms with Crippen LogP contribution < -0.4 is 10.3 Å². The zero-order chi connectivity index (χ0) is 27.1. The first kappa shape index (κ1) is 28.1. The summed E-state index contributed by atoms with van der Waals surface area (Å²) in [5, 5.41) is 12.3. The fourth-order valence-electron chi connectivity index (χ4n) is 4.60. The molecular weight excluding hydrogens is 593 g/mol. The first-order valence-electron chi connectivity index (χ1n) is 11.9. The Morgan fingerprint density at radius 3 is 2.57 bits per heavy atom. The minimum absolute atomic E-state index is 0.247. The Bertz CT molecular complexity index is 1490. The van der Waals surface area contributed by atoms with Crippen LogP contribution in [0.25, 0.3) is 22.2 Å². The van der Waals surface area contributed by atoms with Gasteiger partial charge in [0.05, 0.1) is 29.5 Å². The predicted molar refractivity (Wildman–Crippen MR) is 157 cm³/mol.